The lowest BCUT2D eigenvalue weighted by Crippen LogP contribution is -2.03. The van der Waals surface area contributed by atoms with Crippen LogP contribution in [0.25, 0.3) is 10.6 Å². The van der Waals surface area contributed by atoms with E-state index in [9.17, 15) is 13.2 Å². The molecule has 0 aliphatic rings. The Kier molecular flexibility index (Phi) is 4.91. The third kappa shape index (κ3) is 3.99. The molecule has 2 N–H and O–H groups in total. The highest BCUT2D eigenvalue weighted by atomic mass is 32.1. The highest BCUT2D eigenvalue weighted by Gasteiger charge is 2.30. The lowest BCUT2D eigenvalue weighted by atomic mass is 10.1. The maximum Gasteiger partial charge on any atom is 0.416 e. The fraction of sp³-hybridized carbons (Fsp3) is 0.250. The van der Waals surface area contributed by atoms with Crippen LogP contribution in [0.1, 0.15) is 16.1 Å². The lowest BCUT2D eigenvalue weighted by Gasteiger charge is -2.06. The molecule has 0 fully saturated rings. The fourth-order valence-corrected chi connectivity index (χ4v) is 2.56. The number of alkyl halides is 3. The van der Waals surface area contributed by atoms with Crippen molar-refractivity contribution >= 4 is 11.3 Å². The molecule has 1 aromatic carbocycles. The molecule has 5 nitrogen and oxygen atoms in total. The van der Waals surface area contributed by atoms with Gasteiger partial charge in [-0.15, -0.1) is 16.3 Å². The number of aryl methyl sites for hydroxylation is 1. The number of aromatic nitrogens is 1. The molecular formula is C12H11F3N2O3S. The SMILES string of the molecule is Cc1nc(-c2ccc(C(F)(F)F)cc2)sc1COOON. The van der Waals surface area contributed by atoms with Gasteiger partial charge in [-0.25, -0.2) is 4.98 Å². The van der Waals surface area contributed by atoms with E-state index < -0.39 is 11.7 Å². The molecule has 2 rings (SSSR count). The largest absolute Gasteiger partial charge is 0.416 e. The van der Waals surface area contributed by atoms with Crippen LogP contribution in [0.4, 0.5) is 13.2 Å². The topological polar surface area (TPSA) is 66.6 Å². The summed E-state index contributed by atoms with van der Waals surface area (Å²) < 4.78 is 37.5. The standard InChI is InChI=1S/C12H11F3N2O3S/c1-7-10(6-18-20-19-16)21-11(17-7)8-2-4-9(5-3-8)12(13,14)15/h2-5H,6,16H2,1H3. The molecule has 0 bridgehead atoms. The second-order valence-electron chi connectivity index (χ2n) is 4.03. The van der Waals surface area contributed by atoms with Gasteiger partial charge in [0.05, 0.1) is 16.1 Å². The smallest absolute Gasteiger partial charge is 0.241 e. The van der Waals surface area contributed by atoms with E-state index in [-0.39, 0.29) is 6.61 Å². The molecule has 9 heteroatoms. The summed E-state index contributed by atoms with van der Waals surface area (Å²) in [5, 5.41) is 4.68. The van der Waals surface area contributed by atoms with Crippen LogP contribution >= 0.6 is 11.3 Å². The van der Waals surface area contributed by atoms with E-state index in [0.29, 0.717) is 16.3 Å². The average Bonchev–Trinajstić information content (AvgIpc) is 2.80. The first-order chi connectivity index (χ1) is 9.91. The highest BCUT2D eigenvalue weighted by molar-refractivity contribution is 7.15. The van der Waals surface area contributed by atoms with Crippen molar-refractivity contribution in [2.75, 3.05) is 0 Å². The molecule has 0 atom stereocenters. The molecule has 0 aliphatic heterocycles. The van der Waals surface area contributed by atoms with Gasteiger partial charge in [0.2, 0.25) is 0 Å². The number of thiazole rings is 1. The van der Waals surface area contributed by atoms with E-state index in [1.807, 2.05) is 0 Å². The molecule has 0 amide bonds. The zero-order valence-electron chi connectivity index (χ0n) is 10.8. The predicted molar refractivity (Wildman–Crippen MR) is 68.4 cm³/mol. The molecule has 0 spiro atoms. The maximum absolute atomic E-state index is 12.5. The molecular weight excluding hydrogens is 309 g/mol. The fourth-order valence-electron chi connectivity index (χ4n) is 1.59. The van der Waals surface area contributed by atoms with Gasteiger partial charge in [0, 0.05) is 5.56 Å². The first-order valence-corrected chi connectivity index (χ1v) is 6.52. The van der Waals surface area contributed by atoms with Crippen LogP contribution in [0.2, 0.25) is 0 Å². The number of hydrogen-bond acceptors (Lipinski definition) is 6. The monoisotopic (exact) mass is 320 g/mol. The van der Waals surface area contributed by atoms with Crippen LogP contribution in [0.15, 0.2) is 24.3 Å². The van der Waals surface area contributed by atoms with Crippen LogP contribution in [-0.4, -0.2) is 4.98 Å². The van der Waals surface area contributed by atoms with E-state index in [1.54, 1.807) is 6.92 Å². The average molecular weight is 320 g/mol. The second-order valence-corrected chi connectivity index (χ2v) is 5.11. The Hall–Kier alpha value is -1.52. The Balaban J connectivity index is 2.17. The van der Waals surface area contributed by atoms with Crippen LogP contribution in [0, 0.1) is 6.92 Å². The van der Waals surface area contributed by atoms with E-state index in [4.69, 9.17) is 0 Å². The third-order valence-corrected chi connectivity index (χ3v) is 3.81. The van der Waals surface area contributed by atoms with Crippen molar-refractivity contribution in [1.82, 2.24) is 4.98 Å². The number of halogens is 3. The Morgan fingerprint density at radius 3 is 2.48 bits per heavy atom. The number of benzene rings is 1. The molecule has 0 aliphatic carbocycles. The van der Waals surface area contributed by atoms with Crippen molar-refractivity contribution < 1.29 is 28.1 Å². The van der Waals surface area contributed by atoms with Crippen LogP contribution in [-0.2, 0) is 27.7 Å². The van der Waals surface area contributed by atoms with Crippen LogP contribution < -0.4 is 5.90 Å². The van der Waals surface area contributed by atoms with Gasteiger partial charge in [-0.3, -0.25) is 0 Å². The number of nitrogens with zero attached hydrogens (tertiary/aromatic N) is 1. The Morgan fingerprint density at radius 1 is 1.24 bits per heavy atom. The summed E-state index contributed by atoms with van der Waals surface area (Å²) in [6.07, 6.45) is -4.35. The van der Waals surface area contributed by atoms with Crippen molar-refractivity contribution in [3.05, 3.63) is 40.4 Å². The molecule has 0 unspecified atom stereocenters. The molecule has 21 heavy (non-hydrogen) atoms. The van der Waals surface area contributed by atoms with Crippen molar-refractivity contribution in [3.8, 4) is 10.6 Å². The van der Waals surface area contributed by atoms with E-state index in [1.165, 1.54) is 23.5 Å². The van der Waals surface area contributed by atoms with Crippen molar-refractivity contribution in [2.45, 2.75) is 19.7 Å². The van der Waals surface area contributed by atoms with E-state index in [0.717, 1.165) is 17.0 Å². The Morgan fingerprint density at radius 2 is 1.90 bits per heavy atom. The van der Waals surface area contributed by atoms with Crippen molar-refractivity contribution in [3.63, 3.8) is 0 Å². The number of rotatable bonds is 5. The summed E-state index contributed by atoms with van der Waals surface area (Å²) in [4.78, 5) is 13.5. The summed E-state index contributed by atoms with van der Waals surface area (Å²) in [5.74, 6) is 4.62. The molecule has 0 saturated heterocycles. The first-order valence-electron chi connectivity index (χ1n) is 5.71. The number of hydrogen-bond donors (Lipinski definition) is 1. The minimum Gasteiger partial charge on any atom is -0.241 e. The van der Waals surface area contributed by atoms with Gasteiger partial charge in [0.15, 0.2) is 0 Å². The first kappa shape index (κ1) is 15.9. The summed E-state index contributed by atoms with van der Waals surface area (Å²) in [5.41, 5.74) is 0.588. The summed E-state index contributed by atoms with van der Waals surface area (Å²) in [6, 6.07) is 4.80. The van der Waals surface area contributed by atoms with Gasteiger partial charge in [0.25, 0.3) is 0 Å². The summed E-state index contributed by atoms with van der Waals surface area (Å²) in [6.45, 7) is 1.83. The van der Waals surface area contributed by atoms with Crippen LogP contribution in [0.3, 0.4) is 0 Å². The van der Waals surface area contributed by atoms with Crippen molar-refractivity contribution in [1.29, 1.82) is 0 Å². The van der Waals surface area contributed by atoms with Gasteiger partial charge in [-0.05, 0) is 24.1 Å². The number of nitrogens with two attached hydrogens (primary N) is 1. The molecule has 1 aromatic heterocycles. The van der Waals surface area contributed by atoms with Gasteiger partial charge in [0.1, 0.15) is 11.6 Å². The van der Waals surface area contributed by atoms with Crippen LogP contribution in [0.5, 0.6) is 0 Å². The lowest BCUT2D eigenvalue weighted by molar-refractivity contribution is -0.521. The molecule has 2 aromatic rings. The predicted octanol–water partition coefficient (Wildman–Crippen LogP) is 3.39. The zero-order chi connectivity index (χ0) is 15.5. The summed E-state index contributed by atoms with van der Waals surface area (Å²) in [7, 11) is 0. The van der Waals surface area contributed by atoms with Gasteiger partial charge in [-0.2, -0.15) is 24.0 Å². The quantitative estimate of drug-likeness (QED) is 0.519. The third-order valence-electron chi connectivity index (χ3n) is 2.63. The highest BCUT2D eigenvalue weighted by Crippen LogP contribution is 2.33. The minimum absolute atomic E-state index is 0.0708. The van der Waals surface area contributed by atoms with E-state index in [2.05, 4.69) is 25.8 Å². The zero-order valence-corrected chi connectivity index (χ0v) is 11.6. The van der Waals surface area contributed by atoms with E-state index >= 15 is 0 Å². The van der Waals surface area contributed by atoms with Gasteiger partial charge < -0.3 is 0 Å². The maximum atomic E-state index is 12.5. The normalized spacial score (nSPS) is 11.9. The molecule has 1 heterocycles. The Labute approximate surface area is 121 Å². The molecule has 114 valence electrons. The van der Waals surface area contributed by atoms with Gasteiger partial charge in [-0.1, -0.05) is 12.1 Å². The molecule has 0 saturated carbocycles. The summed E-state index contributed by atoms with van der Waals surface area (Å²) >= 11 is 1.28. The second kappa shape index (κ2) is 6.50. The molecule has 0 radical (unpaired) electrons. The minimum atomic E-state index is -4.35. The van der Waals surface area contributed by atoms with Crippen molar-refractivity contribution in [2.24, 2.45) is 5.90 Å². The van der Waals surface area contributed by atoms with Gasteiger partial charge >= 0.3 is 6.18 Å². The Bertz CT molecular complexity index is 599.